The molecule has 0 amide bonds. The molecule has 1 aliphatic rings. The number of aliphatic hydroxyl groups is 1. The fourth-order valence-electron chi connectivity index (χ4n) is 2.45. The lowest BCUT2D eigenvalue weighted by Crippen LogP contribution is -2.30. The van der Waals surface area contributed by atoms with Gasteiger partial charge in [0.2, 0.25) is 0 Å². The second-order valence-corrected chi connectivity index (χ2v) is 5.04. The van der Waals surface area contributed by atoms with E-state index in [1.807, 2.05) is 4.90 Å². The van der Waals surface area contributed by atoms with Crippen LogP contribution < -0.4 is 0 Å². The van der Waals surface area contributed by atoms with Gasteiger partial charge in [0.15, 0.2) is 5.78 Å². The third-order valence-electron chi connectivity index (χ3n) is 3.60. The van der Waals surface area contributed by atoms with Crippen LogP contribution in [0.1, 0.15) is 23.7 Å². The van der Waals surface area contributed by atoms with Crippen LogP contribution in [0.5, 0.6) is 0 Å². The molecule has 1 saturated heterocycles. The lowest BCUT2D eigenvalue weighted by atomic mass is 10.0. The monoisotopic (exact) mass is 269 g/mol. The molecule has 1 heterocycles. The van der Waals surface area contributed by atoms with Crippen molar-refractivity contribution in [2.75, 3.05) is 19.6 Å². The molecule has 19 heavy (non-hydrogen) atoms. The van der Waals surface area contributed by atoms with E-state index in [-0.39, 0.29) is 12.5 Å². The molecular formula is C14H17F2NO2. The molecule has 1 aromatic carbocycles. The Labute approximate surface area is 110 Å². The van der Waals surface area contributed by atoms with Crippen LogP contribution >= 0.6 is 0 Å². The van der Waals surface area contributed by atoms with E-state index in [0.717, 1.165) is 18.6 Å². The summed E-state index contributed by atoms with van der Waals surface area (Å²) < 4.78 is 26.9. The van der Waals surface area contributed by atoms with Crippen LogP contribution in [0.4, 0.5) is 8.78 Å². The highest BCUT2D eigenvalue weighted by Crippen LogP contribution is 2.21. The number of likely N-dealkylation sites (tertiary alicyclic amines) is 1. The standard InChI is InChI=1S/C14H17F2NO2/c1-9(18)10-5-6-17(7-10)8-13(19)14-11(15)3-2-4-12(14)16/h2-4,9-10,18H,5-8H2,1H3. The van der Waals surface area contributed by atoms with Gasteiger partial charge in [-0.15, -0.1) is 0 Å². The Kier molecular flexibility index (Phi) is 4.27. The molecule has 1 fully saturated rings. The molecule has 5 heteroatoms. The van der Waals surface area contributed by atoms with Crippen molar-refractivity contribution in [2.45, 2.75) is 19.4 Å². The lowest BCUT2D eigenvalue weighted by Gasteiger charge is -2.16. The number of hydrogen-bond acceptors (Lipinski definition) is 3. The highest BCUT2D eigenvalue weighted by Gasteiger charge is 2.28. The van der Waals surface area contributed by atoms with E-state index in [1.54, 1.807) is 6.92 Å². The summed E-state index contributed by atoms with van der Waals surface area (Å²) in [5, 5.41) is 9.48. The quantitative estimate of drug-likeness (QED) is 0.848. The first kappa shape index (κ1) is 14.1. The summed E-state index contributed by atoms with van der Waals surface area (Å²) >= 11 is 0. The topological polar surface area (TPSA) is 40.5 Å². The van der Waals surface area contributed by atoms with Gasteiger partial charge >= 0.3 is 0 Å². The van der Waals surface area contributed by atoms with Crippen LogP contribution in [-0.2, 0) is 0 Å². The molecule has 1 aromatic rings. The maximum absolute atomic E-state index is 13.5. The van der Waals surface area contributed by atoms with Crippen molar-refractivity contribution < 1.29 is 18.7 Å². The first-order valence-electron chi connectivity index (χ1n) is 6.36. The van der Waals surface area contributed by atoms with Gasteiger partial charge in [-0.1, -0.05) is 6.07 Å². The van der Waals surface area contributed by atoms with Gasteiger partial charge in [0.25, 0.3) is 0 Å². The second-order valence-electron chi connectivity index (χ2n) is 5.04. The number of rotatable bonds is 4. The molecule has 3 nitrogen and oxygen atoms in total. The minimum absolute atomic E-state index is 0.0128. The van der Waals surface area contributed by atoms with E-state index in [2.05, 4.69) is 0 Å². The molecule has 2 unspecified atom stereocenters. The van der Waals surface area contributed by atoms with Gasteiger partial charge in [-0.3, -0.25) is 9.69 Å². The molecule has 1 aliphatic heterocycles. The average Bonchev–Trinajstić information content (AvgIpc) is 2.77. The maximum atomic E-state index is 13.5. The summed E-state index contributed by atoms with van der Waals surface area (Å²) in [5.74, 6) is -2.08. The molecule has 104 valence electrons. The normalized spacial score (nSPS) is 21.6. The summed E-state index contributed by atoms with van der Waals surface area (Å²) in [6, 6.07) is 3.40. The first-order chi connectivity index (χ1) is 8.99. The van der Waals surface area contributed by atoms with Crippen molar-refractivity contribution in [3.8, 4) is 0 Å². The summed E-state index contributed by atoms with van der Waals surface area (Å²) in [7, 11) is 0. The van der Waals surface area contributed by atoms with Crippen molar-refractivity contribution >= 4 is 5.78 Å². The molecular weight excluding hydrogens is 252 g/mol. The molecule has 0 bridgehead atoms. The largest absolute Gasteiger partial charge is 0.393 e. The third-order valence-corrected chi connectivity index (χ3v) is 3.60. The van der Waals surface area contributed by atoms with Gasteiger partial charge in [0, 0.05) is 6.54 Å². The molecule has 0 spiro atoms. The van der Waals surface area contributed by atoms with Crippen molar-refractivity contribution in [1.82, 2.24) is 4.90 Å². The van der Waals surface area contributed by atoms with Crippen LogP contribution in [-0.4, -0.2) is 41.5 Å². The van der Waals surface area contributed by atoms with Gasteiger partial charge in [-0.05, 0) is 37.9 Å². The fourth-order valence-corrected chi connectivity index (χ4v) is 2.45. The lowest BCUT2D eigenvalue weighted by molar-refractivity contribution is 0.0917. The zero-order valence-electron chi connectivity index (χ0n) is 10.8. The van der Waals surface area contributed by atoms with Crippen molar-refractivity contribution in [1.29, 1.82) is 0 Å². The highest BCUT2D eigenvalue weighted by molar-refractivity contribution is 5.98. The van der Waals surface area contributed by atoms with Crippen LogP contribution in [0.3, 0.4) is 0 Å². The Morgan fingerprint density at radius 2 is 2.11 bits per heavy atom. The summed E-state index contributed by atoms with van der Waals surface area (Å²) in [5.41, 5.74) is -0.469. The molecule has 1 N–H and O–H groups in total. The van der Waals surface area contributed by atoms with Gasteiger partial charge < -0.3 is 5.11 Å². The number of aliphatic hydroxyl groups excluding tert-OH is 1. The van der Waals surface area contributed by atoms with Crippen molar-refractivity contribution in [2.24, 2.45) is 5.92 Å². The van der Waals surface area contributed by atoms with Crippen LogP contribution in [0.25, 0.3) is 0 Å². The van der Waals surface area contributed by atoms with Crippen LogP contribution in [0, 0.1) is 17.6 Å². The van der Waals surface area contributed by atoms with Crippen molar-refractivity contribution in [3.05, 3.63) is 35.4 Å². The summed E-state index contributed by atoms with van der Waals surface area (Å²) in [6.07, 6.45) is 0.371. The number of hydrogen-bond donors (Lipinski definition) is 1. The number of carbonyl (C=O) groups is 1. The number of nitrogens with zero attached hydrogens (tertiary/aromatic N) is 1. The summed E-state index contributed by atoms with van der Waals surface area (Å²) in [4.78, 5) is 13.8. The second kappa shape index (κ2) is 5.75. The Hall–Kier alpha value is -1.33. The number of benzene rings is 1. The van der Waals surface area contributed by atoms with Crippen LogP contribution in [0.15, 0.2) is 18.2 Å². The molecule has 0 aliphatic carbocycles. The number of Topliss-reactive ketones (excluding diaryl/α,β-unsaturated/α-hetero) is 1. The molecule has 0 radical (unpaired) electrons. The SMILES string of the molecule is CC(O)C1CCN(CC(=O)c2c(F)cccc2F)C1. The molecule has 2 rings (SSSR count). The Balaban J connectivity index is 2.03. The van der Waals surface area contributed by atoms with Crippen molar-refractivity contribution in [3.63, 3.8) is 0 Å². The van der Waals surface area contributed by atoms with E-state index in [0.29, 0.717) is 13.1 Å². The predicted octanol–water partition coefficient (Wildman–Crippen LogP) is 1.85. The third kappa shape index (κ3) is 3.16. The van der Waals surface area contributed by atoms with E-state index >= 15 is 0 Å². The van der Waals surface area contributed by atoms with Gasteiger partial charge in [0.1, 0.15) is 11.6 Å². The van der Waals surface area contributed by atoms with E-state index in [4.69, 9.17) is 0 Å². The van der Waals surface area contributed by atoms with E-state index in [9.17, 15) is 18.7 Å². The first-order valence-corrected chi connectivity index (χ1v) is 6.36. The summed E-state index contributed by atoms with van der Waals surface area (Å²) in [6.45, 7) is 2.95. The molecule has 0 saturated carbocycles. The minimum Gasteiger partial charge on any atom is -0.393 e. The highest BCUT2D eigenvalue weighted by atomic mass is 19.1. The van der Waals surface area contributed by atoms with Gasteiger partial charge in [0.05, 0.1) is 18.2 Å². The zero-order chi connectivity index (χ0) is 14.0. The van der Waals surface area contributed by atoms with Gasteiger partial charge in [-0.25, -0.2) is 8.78 Å². The minimum atomic E-state index is -0.823. The number of ketones is 1. The van der Waals surface area contributed by atoms with Crippen LogP contribution in [0.2, 0.25) is 0 Å². The smallest absolute Gasteiger partial charge is 0.182 e. The average molecular weight is 269 g/mol. The zero-order valence-corrected chi connectivity index (χ0v) is 10.8. The maximum Gasteiger partial charge on any atom is 0.182 e. The molecule has 0 aromatic heterocycles. The van der Waals surface area contributed by atoms with E-state index in [1.165, 1.54) is 6.07 Å². The number of halogens is 2. The Morgan fingerprint density at radius 1 is 1.47 bits per heavy atom. The number of carbonyl (C=O) groups excluding carboxylic acids is 1. The fraction of sp³-hybridized carbons (Fsp3) is 0.500. The molecule has 2 atom stereocenters. The van der Waals surface area contributed by atoms with Gasteiger partial charge in [-0.2, -0.15) is 0 Å². The Bertz CT molecular complexity index is 456. The predicted molar refractivity (Wildman–Crippen MR) is 66.9 cm³/mol. The Morgan fingerprint density at radius 3 is 2.63 bits per heavy atom. The van der Waals surface area contributed by atoms with E-state index < -0.39 is 29.1 Å².